The topological polar surface area (TPSA) is 12.4 Å². The van der Waals surface area contributed by atoms with Gasteiger partial charge in [0.15, 0.2) is 9.29 Å². The van der Waals surface area contributed by atoms with Crippen LogP contribution in [0.4, 0.5) is 0 Å². The SMILES string of the molecule is C1=N[Si]=C2Cc3ccccc3C2=C1. The second-order valence-electron chi connectivity index (χ2n) is 3.28. The Labute approximate surface area is 79.3 Å². The quantitative estimate of drug-likeness (QED) is 0.539. The predicted octanol–water partition coefficient (Wildman–Crippen LogP) is 1.50. The predicted molar refractivity (Wildman–Crippen MR) is 57.4 cm³/mol. The van der Waals surface area contributed by atoms with Crippen LogP contribution in [0.3, 0.4) is 0 Å². The molecule has 61 valence electrons. The minimum absolute atomic E-state index is 0.650. The maximum Gasteiger partial charge on any atom is 0.192 e. The molecular weight excluding hydrogens is 174 g/mol. The minimum atomic E-state index is 0.650. The summed E-state index contributed by atoms with van der Waals surface area (Å²) in [6.07, 6.45) is 5.18. The summed E-state index contributed by atoms with van der Waals surface area (Å²) < 4.78 is 4.29. The normalized spacial score (nSPS) is 17.5. The number of benzene rings is 1. The van der Waals surface area contributed by atoms with Crippen molar-refractivity contribution in [1.82, 2.24) is 0 Å². The van der Waals surface area contributed by atoms with Crippen LogP contribution in [0.15, 0.2) is 35.0 Å². The average Bonchev–Trinajstić information content (AvgIpc) is 2.56. The summed E-state index contributed by atoms with van der Waals surface area (Å²) in [6.45, 7) is 0. The van der Waals surface area contributed by atoms with Gasteiger partial charge in [0.05, 0.1) is 0 Å². The fraction of sp³-hybridized carbons (Fsp3) is 0.0909. The van der Waals surface area contributed by atoms with Crippen molar-refractivity contribution in [2.75, 3.05) is 0 Å². The first kappa shape index (κ1) is 7.15. The van der Waals surface area contributed by atoms with Gasteiger partial charge in [-0.1, -0.05) is 24.3 Å². The highest BCUT2D eigenvalue weighted by molar-refractivity contribution is 6.67. The molecule has 0 N–H and O–H groups in total. The van der Waals surface area contributed by atoms with E-state index in [0.29, 0.717) is 9.29 Å². The number of nitrogens with zero attached hydrogens (tertiary/aromatic N) is 1. The average molecular weight is 182 g/mol. The number of allylic oxidation sites excluding steroid dienone is 2. The molecule has 0 bridgehead atoms. The van der Waals surface area contributed by atoms with Crippen LogP contribution in [0, 0.1) is 0 Å². The molecule has 13 heavy (non-hydrogen) atoms. The maximum absolute atomic E-state index is 4.29. The van der Waals surface area contributed by atoms with Gasteiger partial charge in [-0.15, -0.1) is 0 Å². The Morgan fingerprint density at radius 3 is 3.15 bits per heavy atom. The minimum Gasteiger partial charge on any atom is -0.303 e. The van der Waals surface area contributed by atoms with Crippen molar-refractivity contribution in [2.45, 2.75) is 6.42 Å². The van der Waals surface area contributed by atoms with E-state index in [-0.39, 0.29) is 0 Å². The second-order valence-corrected chi connectivity index (χ2v) is 4.37. The Hall–Kier alpha value is -1.28. The zero-order valence-electron chi connectivity index (χ0n) is 7.12. The van der Waals surface area contributed by atoms with E-state index in [1.807, 2.05) is 6.21 Å². The maximum atomic E-state index is 4.29. The van der Waals surface area contributed by atoms with Gasteiger partial charge >= 0.3 is 0 Å². The molecule has 0 spiro atoms. The lowest BCUT2D eigenvalue weighted by Gasteiger charge is -2.02. The van der Waals surface area contributed by atoms with Crippen LogP contribution in [-0.2, 0) is 6.42 Å². The Kier molecular flexibility index (Phi) is 1.43. The summed E-state index contributed by atoms with van der Waals surface area (Å²) >= 11 is 0. The van der Waals surface area contributed by atoms with Crippen LogP contribution in [0.1, 0.15) is 11.1 Å². The molecule has 1 radical (unpaired) electrons. The molecule has 1 aromatic carbocycles. The van der Waals surface area contributed by atoms with Gasteiger partial charge in [0.25, 0.3) is 0 Å². The molecule has 0 atom stereocenters. The molecular formula is C11H8NSi. The lowest BCUT2D eigenvalue weighted by molar-refractivity contribution is 1.39. The summed E-state index contributed by atoms with van der Waals surface area (Å²) in [6, 6.07) is 8.64. The van der Waals surface area contributed by atoms with Gasteiger partial charge in [0.1, 0.15) is 0 Å². The molecule has 2 heteroatoms. The molecule has 1 aliphatic heterocycles. The second kappa shape index (κ2) is 2.60. The molecule has 2 aliphatic rings. The highest BCUT2D eigenvalue weighted by atomic mass is 28.2. The first-order chi connectivity index (χ1) is 6.45. The number of hydrogen-bond donors (Lipinski definition) is 0. The van der Waals surface area contributed by atoms with Gasteiger partial charge in [-0.05, 0) is 34.4 Å². The number of rotatable bonds is 0. The molecule has 0 saturated carbocycles. The molecule has 1 heterocycles. The van der Waals surface area contributed by atoms with Crippen molar-refractivity contribution >= 4 is 26.2 Å². The summed E-state index contributed by atoms with van der Waals surface area (Å²) in [5.41, 5.74) is 4.29. The fourth-order valence-corrected chi connectivity index (χ4v) is 2.82. The van der Waals surface area contributed by atoms with E-state index >= 15 is 0 Å². The monoisotopic (exact) mass is 182 g/mol. The van der Waals surface area contributed by atoms with Gasteiger partial charge in [-0.2, -0.15) is 0 Å². The van der Waals surface area contributed by atoms with E-state index in [4.69, 9.17) is 0 Å². The molecule has 0 saturated heterocycles. The summed E-state index contributed by atoms with van der Waals surface area (Å²) in [5.74, 6) is 0. The van der Waals surface area contributed by atoms with Gasteiger partial charge in [-0.25, -0.2) is 0 Å². The molecule has 1 aliphatic carbocycles. The zero-order chi connectivity index (χ0) is 8.67. The molecule has 1 nitrogen and oxygen atoms in total. The Balaban J connectivity index is 2.27. The van der Waals surface area contributed by atoms with Crippen molar-refractivity contribution in [3.8, 4) is 0 Å². The first-order valence-electron chi connectivity index (χ1n) is 4.39. The molecule has 0 unspecified atom stereocenters. The molecule has 0 amide bonds. The van der Waals surface area contributed by atoms with Crippen LogP contribution >= 0.6 is 0 Å². The molecule has 0 aromatic heterocycles. The Bertz CT molecular complexity index is 455. The van der Waals surface area contributed by atoms with Crippen LogP contribution in [-0.4, -0.2) is 20.7 Å². The van der Waals surface area contributed by atoms with E-state index in [1.165, 1.54) is 21.9 Å². The summed E-state index contributed by atoms with van der Waals surface area (Å²) in [5, 5.41) is 1.50. The smallest absolute Gasteiger partial charge is 0.192 e. The Morgan fingerprint density at radius 1 is 1.23 bits per heavy atom. The number of fused-ring (bicyclic) bond motifs is 3. The van der Waals surface area contributed by atoms with Crippen LogP contribution < -0.4 is 0 Å². The Morgan fingerprint density at radius 2 is 2.15 bits per heavy atom. The van der Waals surface area contributed by atoms with Crippen molar-refractivity contribution in [2.24, 2.45) is 4.66 Å². The third kappa shape index (κ3) is 0.987. The van der Waals surface area contributed by atoms with E-state index in [9.17, 15) is 0 Å². The van der Waals surface area contributed by atoms with E-state index in [2.05, 4.69) is 35.0 Å². The lowest BCUT2D eigenvalue weighted by atomic mass is 10.1. The summed E-state index contributed by atoms with van der Waals surface area (Å²) in [4.78, 5) is 0. The van der Waals surface area contributed by atoms with E-state index < -0.39 is 0 Å². The zero-order valence-corrected chi connectivity index (χ0v) is 8.12. The van der Waals surface area contributed by atoms with Crippen LogP contribution in [0.25, 0.3) is 5.57 Å². The van der Waals surface area contributed by atoms with Gasteiger partial charge in [0, 0.05) is 6.21 Å². The van der Waals surface area contributed by atoms with Crippen LogP contribution in [0.2, 0.25) is 0 Å². The van der Waals surface area contributed by atoms with E-state index in [0.717, 1.165) is 6.42 Å². The van der Waals surface area contributed by atoms with Crippen LogP contribution in [0.5, 0.6) is 0 Å². The molecule has 0 fully saturated rings. The van der Waals surface area contributed by atoms with Gasteiger partial charge < -0.3 is 4.66 Å². The summed E-state index contributed by atoms with van der Waals surface area (Å²) in [7, 11) is 0.650. The lowest BCUT2D eigenvalue weighted by Crippen LogP contribution is -2.04. The number of hydrogen-bond acceptors (Lipinski definition) is 1. The van der Waals surface area contributed by atoms with Crippen molar-refractivity contribution in [3.63, 3.8) is 0 Å². The standard InChI is InChI=1S/C11H8NSi/c1-2-4-9-8(3-1)7-11-10(9)5-6-12-13-11/h1-6H,7H2. The fourth-order valence-electron chi connectivity index (χ4n) is 1.90. The first-order valence-corrected chi connectivity index (χ1v) is 5.34. The van der Waals surface area contributed by atoms with Crippen molar-refractivity contribution in [1.29, 1.82) is 0 Å². The van der Waals surface area contributed by atoms with Crippen molar-refractivity contribution < 1.29 is 0 Å². The van der Waals surface area contributed by atoms with E-state index in [1.54, 1.807) is 0 Å². The molecule has 1 aromatic rings. The van der Waals surface area contributed by atoms with Crippen molar-refractivity contribution in [3.05, 3.63) is 41.5 Å². The third-order valence-electron chi connectivity index (χ3n) is 2.52. The molecule has 3 rings (SSSR count). The third-order valence-corrected chi connectivity index (χ3v) is 3.51. The highest BCUT2D eigenvalue weighted by Crippen LogP contribution is 2.29. The van der Waals surface area contributed by atoms with Gasteiger partial charge in [0.2, 0.25) is 0 Å². The largest absolute Gasteiger partial charge is 0.303 e. The highest BCUT2D eigenvalue weighted by Gasteiger charge is 2.20. The van der Waals surface area contributed by atoms with Gasteiger partial charge in [-0.3, -0.25) is 0 Å².